The van der Waals surface area contributed by atoms with Gasteiger partial charge in [0.05, 0.1) is 5.52 Å². The molecule has 0 aliphatic heterocycles. The molecule has 1 heterocycles. The number of pyridine rings is 1. The molecule has 0 atom stereocenters. The fourth-order valence-corrected chi connectivity index (χ4v) is 2.56. The van der Waals surface area contributed by atoms with Crippen molar-refractivity contribution in [2.45, 2.75) is 6.54 Å². The van der Waals surface area contributed by atoms with Crippen LogP contribution in [0, 0.1) is 5.82 Å². The second-order valence-corrected chi connectivity index (χ2v) is 5.36. The van der Waals surface area contributed by atoms with Crippen molar-refractivity contribution in [2.24, 2.45) is 0 Å². The fraction of sp³-hybridized carbons (Fsp3) is 0.0625. The molecular weight excluding hydrogens is 319 g/mol. The summed E-state index contributed by atoms with van der Waals surface area (Å²) in [6.45, 7) is 0.676. The van der Waals surface area contributed by atoms with Crippen LogP contribution >= 0.6 is 15.9 Å². The van der Waals surface area contributed by atoms with Crippen LogP contribution in [-0.2, 0) is 6.54 Å². The summed E-state index contributed by atoms with van der Waals surface area (Å²) < 4.78 is 13.7. The molecule has 1 aromatic heterocycles. The van der Waals surface area contributed by atoms with Gasteiger partial charge in [0.25, 0.3) is 0 Å². The number of anilines is 1. The van der Waals surface area contributed by atoms with E-state index in [1.54, 1.807) is 12.3 Å². The van der Waals surface area contributed by atoms with Gasteiger partial charge >= 0.3 is 0 Å². The highest BCUT2D eigenvalue weighted by Crippen LogP contribution is 2.24. The summed E-state index contributed by atoms with van der Waals surface area (Å²) in [5.41, 5.74) is 3.01. The van der Waals surface area contributed by atoms with Gasteiger partial charge in [-0.05, 0) is 57.9 Å². The van der Waals surface area contributed by atoms with E-state index in [-0.39, 0.29) is 5.82 Å². The van der Waals surface area contributed by atoms with Crippen molar-refractivity contribution in [1.82, 2.24) is 4.98 Å². The van der Waals surface area contributed by atoms with Crippen LogP contribution < -0.4 is 5.32 Å². The molecule has 0 radical (unpaired) electrons. The maximum Gasteiger partial charge on any atom is 0.124 e. The summed E-state index contributed by atoms with van der Waals surface area (Å²) in [6, 6.07) is 14.7. The highest BCUT2D eigenvalue weighted by atomic mass is 79.9. The predicted molar refractivity (Wildman–Crippen MR) is 83.2 cm³/mol. The number of hydrogen-bond acceptors (Lipinski definition) is 2. The van der Waals surface area contributed by atoms with E-state index in [2.05, 4.69) is 32.3 Å². The van der Waals surface area contributed by atoms with Gasteiger partial charge in [-0.3, -0.25) is 4.98 Å². The molecule has 1 N–H and O–H groups in total. The second kappa shape index (κ2) is 5.59. The van der Waals surface area contributed by atoms with E-state index in [9.17, 15) is 4.39 Å². The molecule has 2 aromatic carbocycles. The van der Waals surface area contributed by atoms with Crippen LogP contribution in [0.4, 0.5) is 10.1 Å². The summed E-state index contributed by atoms with van der Waals surface area (Å²) in [5.74, 6) is -0.251. The van der Waals surface area contributed by atoms with E-state index in [0.29, 0.717) is 6.54 Å². The fourth-order valence-electron chi connectivity index (χ4n) is 2.07. The molecule has 20 heavy (non-hydrogen) atoms. The van der Waals surface area contributed by atoms with Crippen molar-refractivity contribution < 1.29 is 4.39 Å². The molecule has 0 spiro atoms. The van der Waals surface area contributed by atoms with Crippen molar-refractivity contribution in [1.29, 1.82) is 0 Å². The predicted octanol–water partition coefficient (Wildman–Crippen LogP) is 4.75. The van der Waals surface area contributed by atoms with Crippen LogP contribution in [0.1, 0.15) is 5.56 Å². The molecule has 4 heteroatoms. The Morgan fingerprint density at radius 3 is 2.85 bits per heavy atom. The molecule has 0 aliphatic rings. The van der Waals surface area contributed by atoms with E-state index < -0.39 is 0 Å². The Morgan fingerprint density at radius 2 is 2.00 bits per heavy atom. The zero-order chi connectivity index (χ0) is 13.9. The number of aromatic nitrogens is 1. The van der Waals surface area contributed by atoms with Gasteiger partial charge in [0.1, 0.15) is 5.82 Å². The minimum atomic E-state index is -0.251. The van der Waals surface area contributed by atoms with Crippen molar-refractivity contribution in [2.75, 3.05) is 5.32 Å². The maximum atomic E-state index is 13.0. The zero-order valence-corrected chi connectivity index (χ0v) is 12.2. The van der Waals surface area contributed by atoms with Crippen LogP contribution in [0.3, 0.4) is 0 Å². The van der Waals surface area contributed by atoms with Crippen LogP contribution in [-0.4, -0.2) is 4.98 Å². The standard InChI is InChI=1S/C16H12BrFN2/c17-14-9-13(18)4-6-16(14)20-10-11-3-5-15-12(8-11)2-1-7-19-15/h1-9,20H,10H2. The topological polar surface area (TPSA) is 24.9 Å². The molecule has 0 saturated carbocycles. The Bertz CT molecular complexity index is 758. The summed E-state index contributed by atoms with van der Waals surface area (Å²) >= 11 is 3.35. The van der Waals surface area contributed by atoms with Crippen molar-refractivity contribution >= 4 is 32.5 Å². The first kappa shape index (κ1) is 13.1. The number of halogens is 2. The number of benzene rings is 2. The Labute approximate surface area is 124 Å². The normalized spacial score (nSPS) is 10.7. The van der Waals surface area contributed by atoms with Gasteiger partial charge in [-0.1, -0.05) is 12.1 Å². The number of rotatable bonds is 3. The lowest BCUT2D eigenvalue weighted by atomic mass is 10.1. The van der Waals surface area contributed by atoms with Gasteiger partial charge in [-0.25, -0.2) is 4.39 Å². The third-order valence-electron chi connectivity index (χ3n) is 3.08. The number of nitrogens with one attached hydrogen (secondary N) is 1. The van der Waals surface area contributed by atoms with Crippen LogP contribution in [0.2, 0.25) is 0 Å². The maximum absolute atomic E-state index is 13.0. The van der Waals surface area contributed by atoms with Gasteiger partial charge in [-0.15, -0.1) is 0 Å². The SMILES string of the molecule is Fc1ccc(NCc2ccc3ncccc3c2)c(Br)c1. The molecule has 0 aliphatic carbocycles. The molecule has 0 bridgehead atoms. The Balaban J connectivity index is 1.79. The monoisotopic (exact) mass is 330 g/mol. The van der Waals surface area contributed by atoms with Gasteiger partial charge in [0.2, 0.25) is 0 Å². The van der Waals surface area contributed by atoms with E-state index in [1.807, 2.05) is 24.3 Å². The molecule has 2 nitrogen and oxygen atoms in total. The molecule has 100 valence electrons. The second-order valence-electron chi connectivity index (χ2n) is 4.51. The van der Waals surface area contributed by atoms with Crippen molar-refractivity contribution in [3.05, 3.63) is 70.6 Å². The molecule has 0 unspecified atom stereocenters. The highest BCUT2D eigenvalue weighted by Gasteiger charge is 2.02. The first-order valence-electron chi connectivity index (χ1n) is 6.25. The van der Waals surface area contributed by atoms with Crippen LogP contribution in [0.15, 0.2) is 59.2 Å². The van der Waals surface area contributed by atoms with E-state index in [0.717, 1.165) is 26.6 Å². The summed E-state index contributed by atoms with van der Waals surface area (Å²) in [6.07, 6.45) is 1.79. The average molecular weight is 331 g/mol. The number of fused-ring (bicyclic) bond motifs is 1. The molecular formula is C16H12BrFN2. The lowest BCUT2D eigenvalue weighted by Gasteiger charge is -2.09. The third kappa shape index (κ3) is 2.80. The minimum Gasteiger partial charge on any atom is -0.380 e. The average Bonchev–Trinajstić information content (AvgIpc) is 2.46. The van der Waals surface area contributed by atoms with E-state index in [1.165, 1.54) is 12.1 Å². The molecule has 3 rings (SSSR count). The van der Waals surface area contributed by atoms with E-state index in [4.69, 9.17) is 0 Å². The third-order valence-corrected chi connectivity index (χ3v) is 3.74. The highest BCUT2D eigenvalue weighted by molar-refractivity contribution is 9.10. The Morgan fingerprint density at radius 1 is 1.10 bits per heavy atom. The quantitative estimate of drug-likeness (QED) is 0.749. The minimum absolute atomic E-state index is 0.251. The lowest BCUT2D eigenvalue weighted by molar-refractivity contribution is 0.627. The van der Waals surface area contributed by atoms with Gasteiger partial charge in [0, 0.05) is 28.3 Å². The first-order valence-corrected chi connectivity index (χ1v) is 7.04. The smallest absolute Gasteiger partial charge is 0.124 e. The number of hydrogen-bond donors (Lipinski definition) is 1. The van der Waals surface area contributed by atoms with E-state index >= 15 is 0 Å². The van der Waals surface area contributed by atoms with Gasteiger partial charge in [0.15, 0.2) is 0 Å². The molecule has 3 aromatic rings. The Hall–Kier alpha value is -1.94. The zero-order valence-electron chi connectivity index (χ0n) is 10.6. The summed E-state index contributed by atoms with van der Waals surface area (Å²) in [4.78, 5) is 4.29. The first-order chi connectivity index (χ1) is 9.72. The van der Waals surface area contributed by atoms with Crippen molar-refractivity contribution in [3.8, 4) is 0 Å². The summed E-state index contributed by atoms with van der Waals surface area (Å²) in [5, 5.41) is 4.40. The van der Waals surface area contributed by atoms with Gasteiger partial charge < -0.3 is 5.32 Å². The summed E-state index contributed by atoms with van der Waals surface area (Å²) in [7, 11) is 0. The van der Waals surface area contributed by atoms with Crippen LogP contribution in [0.25, 0.3) is 10.9 Å². The molecule has 0 fully saturated rings. The van der Waals surface area contributed by atoms with Gasteiger partial charge in [-0.2, -0.15) is 0 Å². The number of nitrogens with zero attached hydrogens (tertiary/aromatic N) is 1. The molecule has 0 saturated heterocycles. The van der Waals surface area contributed by atoms with Crippen molar-refractivity contribution in [3.63, 3.8) is 0 Å². The lowest BCUT2D eigenvalue weighted by Crippen LogP contribution is -2.00. The Kier molecular flexibility index (Phi) is 3.65. The molecule has 0 amide bonds. The van der Waals surface area contributed by atoms with Crippen LogP contribution in [0.5, 0.6) is 0 Å². The largest absolute Gasteiger partial charge is 0.380 e.